The molecule has 2 fully saturated rings. The number of likely N-dealkylation sites (tertiary alicyclic amines) is 1. The summed E-state index contributed by atoms with van der Waals surface area (Å²) in [7, 11) is 0. The first kappa shape index (κ1) is 14.9. The van der Waals surface area contributed by atoms with Gasteiger partial charge in [0.05, 0.1) is 25.9 Å². The van der Waals surface area contributed by atoms with E-state index in [1.165, 1.54) is 25.7 Å². The van der Waals surface area contributed by atoms with Crippen molar-refractivity contribution in [2.24, 2.45) is 0 Å². The van der Waals surface area contributed by atoms with E-state index in [9.17, 15) is 0 Å². The summed E-state index contributed by atoms with van der Waals surface area (Å²) < 4.78 is 11.0. The zero-order valence-corrected chi connectivity index (χ0v) is 12.5. The van der Waals surface area contributed by atoms with Gasteiger partial charge in [0.2, 0.25) is 5.89 Å². The second-order valence-corrected chi connectivity index (χ2v) is 6.12. The van der Waals surface area contributed by atoms with Crippen molar-refractivity contribution in [2.75, 3.05) is 26.3 Å². The average molecular weight is 295 g/mol. The molecule has 1 saturated carbocycles. The Labute approximate surface area is 125 Å². The lowest BCUT2D eigenvalue weighted by atomic mass is 10.1. The standard InChI is InChI=1S/C15H25N3O3/c19-8-9-20-13-6-3-7-18(10-13)11-14-16-15(17-21-14)12-4-1-2-5-12/h12-13,19H,1-11H2. The van der Waals surface area contributed by atoms with Crippen LogP contribution in [-0.4, -0.2) is 52.6 Å². The van der Waals surface area contributed by atoms with Crippen LogP contribution in [0, 0.1) is 0 Å². The predicted molar refractivity (Wildman–Crippen MR) is 76.8 cm³/mol. The fourth-order valence-corrected chi connectivity index (χ4v) is 3.39. The lowest BCUT2D eigenvalue weighted by molar-refractivity contribution is -0.0181. The molecule has 1 N–H and O–H groups in total. The van der Waals surface area contributed by atoms with Crippen molar-refractivity contribution in [2.45, 2.75) is 57.1 Å². The highest BCUT2D eigenvalue weighted by atomic mass is 16.5. The smallest absolute Gasteiger partial charge is 0.240 e. The predicted octanol–water partition coefficient (Wildman–Crippen LogP) is 1.70. The van der Waals surface area contributed by atoms with E-state index < -0.39 is 0 Å². The van der Waals surface area contributed by atoms with Gasteiger partial charge in [0.25, 0.3) is 0 Å². The highest BCUT2D eigenvalue weighted by molar-refractivity contribution is 4.98. The maximum absolute atomic E-state index is 8.83. The van der Waals surface area contributed by atoms with E-state index in [1.54, 1.807) is 0 Å². The summed E-state index contributed by atoms with van der Waals surface area (Å²) in [4.78, 5) is 6.88. The van der Waals surface area contributed by atoms with Gasteiger partial charge in [-0.05, 0) is 32.2 Å². The topological polar surface area (TPSA) is 71.6 Å². The molecule has 1 saturated heterocycles. The third-order valence-corrected chi connectivity index (χ3v) is 4.47. The van der Waals surface area contributed by atoms with Gasteiger partial charge in [0.15, 0.2) is 5.82 Å². The average Bonchev–Trinajstić information content (AvgIpc) is 3.16. The molecule has 3 rings (SSSR count). The molecule has 1 aliphatic heterocycles. The number of rotatable bonds is 6. The van der Waals surface area contributed by atoms with E-state index >= 15 is 0 Å². The molecular formula is C15H25N3O3. The number of nitrogens with zero attached hydrogens (tertiary/aromatic N) is 3. The Morgan fingerprint density at radius 2 is 2.10 bits per heavy atom. The summed E-state index contributed by atoms with van der Waals surface area (Å²) in [5.41, 5.74) is 0. The van der Waals surface area contributed by atoms with Crippen LogP contribution < -0.4 is 0 Å². The fraction of sp³-hybridized carbons (Fsp3) is 0.867. The summed E-state index contributed by atoms with van der Waals surface area (Å²) in [6, 6.07) is 0. The van der Waals surface area contributed by atoms with Crippen molar-refractivity contribution >= 4 is 0 Å². The number of aromatic nitrogens is 2. The van der Waals surface area contributed by atoms with Gasteiger partial charge in [-0.25, -0.2) is 0 Å². The first-order valence-electron chi connectivity index (χ1n) is 8.12. The van der Waals surface area contributed by atoms with Gasteiger partial charge in [0, 0.05) is 12.5 Å². The van der Waals surface area contributed by atoms with Gasteiger partial charge in [0.1, 0.15) is 0 Å². The highest BCUT2D eigenvalue weighted by Gasteiger charge is 2.25. The van der Waals surface area contributed by atoms with Crippen LogP contribution in [0.5, 0.6) is 0 Å². The van der Waals surface area contributed by atoms with Crippen LogP contribution in [0.3, 0.4) is 0 Å². The zero-order valence-electron chi connectivity index (χ0n) is 12.5. The molecule has 1 unspecified atom stereocenters. The summed E-state index contributed by atoms with van der Waals surface area (Å²) >= 11 is 0. The van der Waals surface area contributed by atoms with E-state index in [0.717, 1.165) is 37.6 Å². The SMILES string of the molecule is OCCOC1CCCN(Cc2nc(C3CCCC3)no2)C1. The van der Waals surface area contributed by atoms with E-state index in [4.69, 9.17) is 14.4 Å². The molecule has 0 radical (unpaired) electrons. The molecule has 118 valence electrons. The van der Waals surface area contributed by atoms with Crippen molar-refractivity contribution in [3.8, 4) is 0 Å². The minimum Gasteiger partial charge on any atom is -0.394 e. The molecule has 2 heterocycles. The number of hydrogen-bond acceptors (Lipinski definition) is 6. The molecule has 1 aromatic rings. The van der Waals surface area contributed by atoms with E-state index in [-0.39, 0.29) is 12.7 Å². The van der Waals surface area contributed by atoms with Gasteiger partial charge in [-0.2, -0.15) is 4.98 Å². The van der Waals surface area contributed by atoms with Crippen LogP contribution in [0.25, 0.3) is 0 Å². The van der Waals surface area contributed by atoms with Crippen LogP contribution in [0.1, 0.15) is 56.2 Å². The normalized spacial score (nSPS) is 24.7. The number of aliphatic hydroxyl groups excluding tert-OH is 1. The largest absolute Gasteiger partial charge is 0.394 e. The number of hydrogen-bond donors (Lipinski definition) is 1. The van der Waals surface area contributed by atoms with Crippen LogP contribution >= 0.6 is 0 Å². The monoisotopic (exact) mass is 295 g/mol. The third-order valence-electron chi connectivity index (χ3n) is 4.47. The summed E-state index contributed by atoms with van der Waals surface area (Å²) in [6.45, 7) is 3.13. The molecule has 1 aromatic heterocycles. The van der Waals surface area contributed by atoms with Crippen LogP contribution in [0.2, 0.25) is 0 Å². The van der Waals surface area contributed by atoms with E-state index in [0.29, 0.717) is 19.1 Å². The van der Waals surface area contributed by atoms with E-state index in [2.05, 4.69) is 15.0 Å². The Hall–Kier alpha value is -0.980. The molecule has 2 aliphatic rings. The van der Waals surface area contributed by atoms with Gasteiger partial charge in [-0.1, -0.05) is 18.0 Å². The molecule has 6 nitrogen and oxygen atoms in total. The molecule has 1 aliphatic carbocycles. The Morgan fingerprint density at radius 1 is 1.24 bits per heavy atom. The quantitative estimate of drug-likeness (QED) is 0.861. The van der Waals surface area contributed by atoms with Crippen LogP contribution in [0.15, 0.2) is 4.52 Å². The number of ether oxygens (including phenoxy) is 1. The highest BCUT2D eigenvalue weighted by Crippen LogP contribution is 2.32. The third kappa shape index (κ3) is 4.02. The molecular weight excluding hydrogens is 270 g/mol. The molecule has 0 bridgehead atoms. The van der Waals surface area contributed by atoms with Crippen LogP contribution in [0.4, 0.5) is 0 Å². The van der Waals surface area contributed by atoms with Crippen molar-refractivity contribution < 1.29 is 14.4 Å². The first-order chi connectivity index (χ1) is 10.3. The molecule has 1 atom stereocenters. The lowest BCUT2D eigenvalue weighted by Crippen LogP contribution is -2.39. The van der Waals surface area contributed by atoms with Gasteiger partial charge in [-0.3, -0.25) is 4.90 Å². The Kier molecular flexibility index (Phi) is 5.22. The van der Waals surface area contributed by atoms with Gasteiger partial charge < -0.3 is 14.4 Å². The number of aliphatic hydroxyl groups is 1. The van der Waals surface area contributed by atoms with Gasteiger partial charge in [-0.15, -0.1) is 0 Å². The Balaban J connectivity index is 1.51. The number of piperidine rings is 1. The summed E-state index contributed by atoms with van der Waals surface area (Å²) in [5.74, 6) is 2.12. The summed E-state index contributed by atoms with van der Waals surface area (Å²) in [6.07, 6.45) is 7.34. The molecule has 6 heteroatoms. The molecule has 0 amide bonds. The fourth-order valence-electron chi connectivity index (χ4n) is 3.39. The van der Waals surface area contributed by atoms with Crippen molar-refractivity contribution in [3.63, 3.8) is 0 Å². The second-order valence-electron chi connectivity index (χ2n) is 6.12. The first-order valence-corrected chi connectivity index (χ1v) is 8.12. The minimum atomic E-state index is 0.0882. The second kappa shape index (κ2) is 7.33. The molecule has 0 spiro atoms. The van der Waals surface area contributed by atoms with Gasteiger partial charge >= 0.3 is 0 Å². The van der Waals surface area contributed by atoms with Crippen molar-refractivity contribution in [3.05, 3.63) is 11.7 Å². The van der Waals surface area contributed by atoms with Crippen molar-refractivity contribution in [1.82, 2.24) is 15.0 Å². The summed E-state index contributed by atoms with van der Waals surface area (Å²) in [5, 5.41) is 13.0. The molecule has 21 heavy (non-hydrogen) atoms. The Bertz CT molecular complexity index is 432. The minimum absolute atomic E-state index is 0.0882. The molecule has 0 aromatic carbocycles. The zero-order chi connectivity index (χ0) is 14.5. The van der Waals surface area contributed by atoms with Crippen molar-refractivity contribution in [1.29, 1.82) is 0 Å². The van der Waals surface area contributed by atoms with Crippen LogP contribution in [-0.2, 0) is 11.3 Å². The Morgan fingerprint density at radius 3 is 2.90 bits per heavy atom. The maximum atomic E-state index is 8.83. The van der Waals surface area contributed by atoms with E-state index in [1.807, 2.05) is 0 Å². The maximum Gasteiger partial charge on any atom is 0.240 e. The lowest BCUT2D eigenvalue weighted by Gasteiger charge is -2.31.